The van der Waals surface area contributed by atoms with Crippen LogP contribution in [0.4, 0.5) is 0 Å². The molecule has 0 aromatic carbocycles. The monoisotopic (exact) mass is 1390 g/mol. The normalized spacial score (nSPS) is 14.7. The molecule has 550 valence electrons. The van der Waals surface area contributed by atoms with Gasteiger partial charge in [-0.1, -0.05) is 233 Å². The van der Waals surface area contributed by atoms with E-state index in [0.717, 1.165) is 148 Å². The molecule has 3 N–H and O–H groups in total. The van der Waals surface area contributed by atoms with Gasteiger partial charge in [0.1, 0.15) is 19.3 Å². The Kier molecular flexibility index (Phi) is 65.7. The topological polar surface area (TPSA) is 237 Å². The molecule has 5 atom stereocenters. The molecule has 0 radical (unpaired) electrons. The maximum Gasteiger partial charge on any atom is 0.472 e. The SMILES string of the molecule is CC/C=C\C/C=C\C/C=C\C/C=C\CCCCC(=O)OCC(COP(=O)(O)OCC(O)COP(=O)(O)OCC(COC(=O)CCCCCCC/C=C\CCCCCCCC)OC(=O)CCCCCCC/C=C\CCCC)OC(=O)CCCC/C=C\C/C=C\C/C=C\C/C=C\CC. The lowest BCUT2D eigenvalue weighted by molar-refractivity contribution is -0.161. The van der Waals surface area contributed by atoms with E-state index < -0.39 is 97.5 Å². The molecule has 0 saturated carbocycles. The van der Waals surface area contributed by atoms with Crippen molar-refractivity contribution in [3.63, 3.8) is 0 Å². The fourth-order valence-corrected chi connectivity index (χ4v) is 10.9. The van der Waals surface area contributed by atoms with E-state index in [0.29, 0.717) is 32.1 Å². The Balaban J connectivity index is 5.41. The van der Waals surface area contributed by atoms with Gasteiger partial charge < -0.3 is 33.8 Å². The van der Waals surface area contributed by atoms with Gasteiger partial charge >= 0.3 is 39.5 Å². The van der Waals surface area contributed by atoms with E-state index in [1.54, 1.807) is 0 Å². The largest absolute Gasteiger partial charge is 0.472 e. The molecule has 0 aromatic rings. The second kappa shape index (κ2) is 69.0. The highest BCUT2D eigenvalue weighted by atomic mass is 31.2. The quantitative estimate of drug-likeness (QED) is 0.0169. The van der Waals surface area contributed by atoms with E-state index in [1.165, 1.54) is 51.4 Å². The minimum Gasteiger partial charge on any atom is -0.462 e. The van der Waals surface area contributed by atoms with Gasteiger partial charge in [0.15, 0.2) is 12.2 Å². The van der Waals surface area contributed by atoms with Crippen molar-refractivity contribution in [1.82, 2.24) is 0 Å². The molecular weight excluding hydrogens is 1260 g/mol. The van der Waals surface area contributed by atoms with Crippen LogP contribution in [-0.4, -0.2) is 96.7 Å². The third kappa shape index (κ3) is 68.0. The van der Waals surface area contributed by atoms with Crippen molar-refractivity contribution in [2.45, 2.75) is 303 Å². The number of aliphatic hydroxyl groups is 1. The van der Waals surface area contributed by atoms with Crippen molar-refractivity contribution in [3.05, 3.63) is 122 Å². The Labute approximate surface area is 581 Å². The Morgan fingerprint density at radius 1 is 0.302 bits per heavy atom. The van der Waals surface area contributed by atoms with Crippen molar-refractivity contribution in [2.24, 2.45) is 0 Å². The van der Waals surface area contributed by atoms with Crippen LogP contribution in [0.1, 0.15) is 285 Å². The predicted octanol–water partition coefficient (Wildman–Crippen LogP) is 20.8. The number of carbonyl (C=O) groups excluding carboxylic acids is 4. The van der Waals surface area contributed by atoms with Gasteiger partial charge in [0.2, 0.25) is 0 Å². The zero-order valence-electron chi connectivity index (χ0n) is 59.8. The molecule has 0 aliphatic rings. The highest BCUT2D eigenvalue weighted by molar-refractivity contribution is 7.47. The number of ether oxygens (including phenoxy) is 4. The molecule has 17 nitrogen and oxygen atoms in total. The molecule has 0 fully saturated rings. The number of hydrogen-bond acceptors (Lipinski definition) is 15. The lowest BCUT2D eigenvalue weighted by Crippen LogP contribution is -2.30. The molecule has 0 spiro atoms. The highest BCUT2D eigenvalue weighted by Gasteiger charge is 2.30. The molecule has 0 aromatic heterocycles. The van der Waals surface area contributed by atoms with E-state index in [-0.39, 0.29) is 25.7 Å². The van der Waals surface area contributed by atoms with Gasteiger partial charge in [-0.2, -0.15) is 0 Å². The summed E-state index contributed by atoms with van der Waals surface area (Å²) in [6.07, 6.45) is 73.6. The van der Waals surface area contributed by atoms with E-state index in [9.17, 15) is 43.2 Å². The van der Waals surface area contributed by atoms with Gasteiger partial charge in [0, 0.05) is 25.7 Å². The van der Waals surface area contributed by atoms with Crippen LogP contribution in [0, 0.1) is 0 Å². The van der Waals surface area contributed by atoms with E-state index >= 15 is 0 Å². The fourth-order valence-electron chi connectivity index (χ4n) is 9.29. The summed E-state index contributed by atoms with van der Waals surface area (Å²) in [5, 5.41) is 10.6. The first-order chi connectivity index (χ1) is 46.7. The van der Waals surface area contributed by atoms with Crippen molar-refractivity contribution >= 4 is 39.5 Å². The van der Waals surface area contributed by atoms with Crippen LogP contribution in [0.3, 0.4) is 0 Å². The maximum atomic E-state index is 13.0. The first kappa shape index (κ1) is 91.5. The van der Waals surface area contributed by atoms with Crippen LogP contribution in [0.5, 0.6) is 0 Å². The van der Waals surface area contributed by atoms with Crippen molar-refractivity contribution in [3.8, 4) is 0 Å². The number of aliphatic hydroxyl groups excluding tert-OH is 1. The molecule has 0 amide bonds. The Morgan fingerprint density at radius 3 is 0.896 bits per heavy atom. The van der Waals surface area contributed by atoms with E-state index in [2.05, 4.69) is 149 Å². The summed E-state index contributed by atoms with van der Waals surface area (Å²) < 4.78 is 68.2. The highest BCUT2D eigenvalue weighted by Crippen LogP contribution is 2.45. The third-order valence-corrected chi connectivity index (χ3v) is 16.8. The minimum absolute atomic E-state index is 0.0305. The third-order valence-electron chi connectivity index (χ3n) is 14.9. The molecular formula is C77H130O17P2. The summed E-state index contributed by atoms with van der Waals surface area (Å²) in [7, 11) is -9.97. The first-order valence-corrected chi connectivity index (χ1v) is 39.8. The van der Waals surface area contributed by atoms with Crippen molar-refractivity contribution in [2.75, 3.05) is 39.6 Å². The van der Waals surface area contributed by atoms with Crippen LogP contribution in [-0.2, 0) is 65.4 Å². The zero-order chi connectivity index (χ0) is 70.4. The van der Waals surface area contributed by atoms with Crippen LogP contribution < -0.4 is 0 Å². The average Bonchev–Trinajstić information content (AvgIpc) is 1.09. The zero-order valence-corrected chi connectivity index (χ0v) is 61.5. The van der Waals surface area contributed by atoms with Crippen molar-refractivity contribution in [1.29, 1.82) is 0 Å². The Bertz CT molecular complexity index is 2300. The lowest BCUT2D eigenvalue weighted by Gasteiger charge is -2.21. The molecule has 0 aliphatic carbocycles. The first-order valence-electron chi connectivity index (χ1n) is 36.8. The van der Waals surface area contributed by atoms with E-state index in [4.69, 9.17) is 37.0 Å². The molecule has 0 bridgehead atoms. The van der Waals surface area contributed by atoms with Gasteiger partial charge in [0.05, 0.1) is 26.4 Å². The predicted molar refractivity (Wildman–Crippen MR) is 390 cm³/mol. The number of rotatable bonds is 68. The van der Waals surface area contributed by atoms with Gasteiger partial charge in [-0.3, -0.25) is 37.3 Å². The number of phosphoric ester groups is 2. The van der Waals surface area contributed by atoms with Crippen LogP contribution in [0.2, 0.25) is 0 Å². The smallest absolute Gasteiger partial charge is 0.462 e. The van der Waals surface area contributed by atoms with Crippen LogP contribution >= 0.6 is 15.6 Å². The molecule has 19 heteroatoms. The standard InChI is InChI=1S/C77H130O17P2/c1-5-9-13-17-21-25-29-32-35-38-42-45-49-53-57-61-74(79)87-67-72(93-76(81)63-59-55-51-47-41-28-24-20-16-12-8-4)69-91-95(83,84)89-65-71(78)66-90-96(85,86)92-70-73(94-77(82)64-60-56-52-48-44-40-37-34-31-27-23-19-15-11-7-3)68-88-75(80)62-58-54-50-46-43-39-36-33-30-26-22-18-14-10-6-2/h10-11,14-15,20,22-24,26-27,32-37,43-44,46,48,71-73,78H,5-9,12-13,16-19,21,25,28-31,38-42,45,47,49-70H2,1-4H3,(H,83,84)(H,85,86)/b14-10-,15-11-,24-20-,26-22-,27-23-,35-32-,36-33-,37-34-,46-43-,48-44-. The number of phosphoric acid groups is 2. The summed E-state index contributed by atoms with van der Waals surface area (Å²) in [4.78, 5) is 72.7. The van der Waals surface area contributed by atoms with Gasteiger partial charge in [-0.05, 0) is 148 Å². The van der Waals surface area contributed by atoms with E-state index in [1.807, 2.05) is 0 Å². The molecule has 0 saturated heterocycles. The number of carbonyl (C=O) groups is 4. The number of hydrogen-bond donors (Lipinski definition) is 3. The number of allylic oxidation sites excluding steroid dienone is 20. The number of esters is 4. The Hall–Kier alpha value is -4.54. The molecule has 96 heavy (non-hydrogen) atoms. The molecule has 0 heterocycles. The molecule has 5 unspecified atom stereocenters. The van der Waals surface area contributed by atoms with Crippen LogP contribution in [0.25, 0.3) is 0 Å². The second-order valence-electron chi connectivity index (χ2n) is 24.1. The molecule has 0 aliphatic heterocycles. The van der Waals surface area contributed by atoms with Crippen LogP contribution in [0.15, 0.2) is 122 Å². The molecule has 0 rings (SSSR count). The summed E-state index contributed by atoms with van der Waals surface area (Å²) in [5.41, 5.74) is 0. The summed E-state index contributed by atoms with van der Waals surface area (Å²) in [6.45, 7) is 4.47. The summed E-state index contributed by atoms with van der Waals surface area (Å²) >= 11 is 0. The number of unbranched alkanes of at least 4 members (excludes halogenated alkanes) is 22. The van der Waals surface area contributed by atoms with Crippen molar-refractivity contribution < 1.29 is 80.2 Å². The average molecular weight is 1390 g/mol. The maximum absolute atomic E-state index is 13.0. The van der Waals surface area contributed by atoms with Gasteiger partial charge in [-0.25, -0.2) is 9.13 Å². The van der Waals surface area contributed by atoms with Gasteiger partial charge in [-0.15, -0.1) is 0 Å². The summed E-state index contributed by atoms with van der Waals surface area (Å²) in [5.74, 6) is -2.29. The summed E-state index contributed by atoms with van der Waals surface area (Å²) in [6, 6.07) is 0. The fraction of sp³-hybridized carbons (Fsp3) is 0.688. The lowest BCUT2D eigenvalue weighted by atomic mass is 10.1. The Morgan fingerprint density at radius 2 is 0.552 bits per heavy atom. The second-order valence-corrected chi connectivity index (χ2v) is 27.0. The van der Waals surface area contributed by atoms with Gasteiger partial charge in [0.25, 0.3) is 0 Å². The minimum atomic E-state index is -4.99.